The fourth-order valence-electron chi connectivity index (χ4n) is 3.02. The van der Waals surface area contributed by atoms with E-state index in [2.05, 4.69) is 10.4 Å². The van der Waals surface area contributed by atoms with Gasteiger partial charge in [-0.15, -0.1) is 0 Å². The lowest BCUT2D eigenvalue weighted by Gasteiger charge is -2.40. The third-order valence-corrected chi connectivity index (χ3v) is 4.72. The number of amides is 2. The summed E-state index contributed by atoms with van der Waals surface area (Å²) in [6, 6.07) is 1.78. The van der Waals surface area contributed by atoms with Crippen molar-refractivity contribution in [2.45, 2.75) is 51.3 Å². The van der Waals surface area contributed by atoms with Crippen LogP contribution < -0.4 is 5.32 Å². The quantitative estimate of drug-likeness (QED) is 0.477. The number of carbonyl (C=O) groups excluding carboxylic acids is 2. The SMILES string of the molecule is CC(C)(CC(=O)N1CC(CC(=O)Nc2cc(C(C)(F)F)cc(C(F)(F)F)c2)C1)N=N. The van der Waals surface area contributed by atoms with Crippen LogP contribution in [0, 0.1) is 11.4 Å². The smallest absolute Gasteiger partial charge is 0.342 e. The molecule has 1 heterocycles. The van der Waals surface area contributed by atoms with Gasteiger partial charge in [0.25, 0.3) is 5.92 Å². The Labute approximate surface area is 170 Å². The van der Waals surface area contributed by atoms with Crippen LogP contribution in [0.2, 0.25) is 0 Å². The molecule has 0 aromatic heterocycles. The molecular formula is C19H23F5N4O2. The van der Waals surface area contributed by atoms with E-state index in [0.717, 1.165) is 6.07 Å². The van der Waals surface area contributed by atoms with Crippen LogP contribution in [0.15, 0.2) is 23.3 Å². The highest BCUT2D eigenvalue weighted by Crippen LogP contribution is 2.36. The summed E-state index contributed by atoms with van der Waals surface area (Å²) in [5.41, 5.74) is 3.73. The van der Waals surface area contributed by atoms with Gasteiger partial charge in [0.15, 0.2) is 0 Å². The van der Waals surface area contributed by atoms with Crippen molar-refractivity contribution >= 4 is 17.5 Å². The molecule has 0 bridgehead atoms. The number of anilines is 1. The average Bonchev–Trinajstić information content (AvgIpc) is 2.55. The molecule has 1 saturated heterocycles. The molecular weight excluding hydrogens is 411 g/mol. The minimum atomic E-state index is -4.84. The first-order valence-electron chi connectivity index (χ1n) is 9.17. The molecule has 30 heavy (non-hydrogen) atoms. The highest BCUT2D eigenvalue weighted by molar-refractivity contribution is 5.91. The number of nitrogens with one attached hydrogen (secondary N) is 2. The van der Waals surface area contributed by atoms with Crippen molar-refractivity contribution in [3.05, 3.63) is 29.3 Å². The van der Waals surface area contributed by atoms with Gasteiger partial charge in [-0.05, 0) is 32.0 Å². The number of hydrogen-bond donors (Lipinski definition) is 2. The Morgan fingerprint density at radius 2 is 1.67 bits per heavy atom. The van der Waals surface area contributed by atoms with Crippen molar-refractivity contribution in [1.82, 2.24) is 4.90 Å². The molecule has 0 spiro atoms. The summed E-state index contributed by atoms with van der Waals surface area (Å²) < 4.78 is 66.1. The maximum Gasteiger partial charge on any atom is 0.416 e. The summed E-state index contributed by atoms with van der Waals surface area (Å²) in [6.45, 7) is 4.35. The van der Waals surface area contributed by atoms with Crippen LogP contribution >= 0.6 is 0 Å². The zero-order valence-corrected chi connectivity index (χ0v) is 16.7. The van der Waals surface area contributed by atoms with Gasteiger partial charge in [-0.2, -0.15) is 18.3 Å². The molecule has 2 N–H and O–H groups in total. The van der Waals surface area contributed by atoms with Gasteiger partial charge in [-0.25, -0.2) is 14.3 Å². The van der Waals surface area contributed by atoms with E-state index < -0.39 is 34.7 Å². The van der Waals surface area contributed by atoms with Gasteiger partial charge in [-0.3, -0.25) is 9.59 Å². The minimum Gasteiger partial charge on any atom is -0.342 e. The fourth-order valence-corrected chi connectivity index (χ4v) is 3.02. The van der Waals surface area contributed by atoms with E-state index >= 15 is 0 Å². The molecule has 1 fully saturated rings. The highest BCUT2D eigenvalue weighted by atomic mass is 19.4. The van der Waals surface area contributed by atoms with Crippen molar-refractivity contribution < 1.29 is 31.5 Å². The summed E-state index contributed by atoms with van der Waals surface area (Å²) in [5, 5.41) is 5.61. The molecule has 2 rings (SSSR count). The second kappa shape index (κ2) is 8.27. The molecule has 166 valence electrons. The highest BCUT2D eigenvalue weighted by Gasteiger charge is 2.36. The molecule has 6 nitrogen and oxygen atoms in total. The first kappa shape index (κ1) is 23.7. The van der Waals surface area contributed by atoms with Crippen LogP contribution in [-0.2, 0) is 21.7 Å². The molecule has 1 aliphatic heterocycles. The number of rotatable bonds is 7. The summed E-state index contributed by atoms with van der Waals surface area (Å²) in [6.07, 6.45) is -4.85. The normalized spacial score (nSPS) is 15.5. The second-order valence-corrected chi connectivity index (χ2v) is 8.20. The fraction of sp³-hybridized carbons (Fsp3) is 0.579. The molecule has 0 unspecified atom stereocenters. The van der Waals surface area contributed by atoms with Gasteiger partial charge in [0.05, 0.1) is 17.5 Å². The zero-order chi connectivity index (χ0) is 22.9. The standard InChI is InChI=1S/C19H23F5N4O2/c1-17(2,27-25)8-16(30)28-9-11(10-28)4-15(29)26-14-6-12(18(3,20)21)5-13(7-14)19(22,23)24/h5-7,11,25H,4,8-10H2,1-3H3,(H,26,29). The molecule has 1 aromatic carbocycles. The number of nitrogens with zero attached hydrogens (tertiary/aromatic N) is 2. The number of likely N-dealkylation sites (tertiary alicyclic amines) is 1. The third-order valence-electron chi connectivity index (χ3n) is 4.72. The second-order valence-electron chi connectivity index (χ2n) is 8.20. The van der Waals surface area contributed by atoms with E-state index in [-0.39, 0.29) is 30.4 Å². The maximum absolute atomic E-state index is 13.5. The lowest BCUT2D eigenvalue weighted by molar-refractivity contribution is -0.140. The van der Waals surface area contributed by atoms with Crippen molar-refractivity contribution in [2.75, 3.05) is 18.4 Å². The Kier molecular flexibility index (Phi) is 6.53. The predicted molar refractivity (Wildman–Crippen MR) is 98.2 cm³/mol. The molecule has 2 amide bonds. The lowest BCUT2D eigenvalue weighted by Crippen LogP contribution is -2.52. The molecule has 1 aliphatic rings. The van der Waals surface area contributed by atoms with Crippen LogP contribution in [0.4, 0.5) is 27.6 Å². The summed E-state index contributed by atoms with van der Waals surface area (Å²) >= 11 is 0. The van der Waals surface area contributed by atoms with Crippen molar-refractivity contribution in [1.29, 1.82) is 5.53 Å². The maximum atomic E-state index is 13.5. The Morgan fingerprint density at radius 3 is 2.17 bits per heavy atom. The Bertz CT molecular complexity index is 795. The number of halogens is 5. The van der Waals surface area contributed by atoms with Crippen LogP contribution in [0.5, 0.6) is 0 Å². The van der Waals surface area contributed by atoms with Gasteiger partial charge in [-0.1, -0.05) is 0 Å². The minimum absolute atomic E-state index is 0.0493. The van der Waals surface area contributed by atoms with Gasteiger partial charge in [0, 0.05) is 43.6 Å². The lowest BCUT2D eigenvalue weighted by atomic mass is 9.93. The van der Waals surface area contributed by atoms with Gasteiger partial charge < -0.3 is 10.2 Å². The van der Waals surface area contributed by atoms with E-state index in [0.29, 0.717) is 32.1 Å². The Balaban J connectivity index is 1.98. The number of benzene rings is 1. The number of hydrogen-bond acceptors (Lipinski definition) is 4. The van der Waals surface area contributed by atoms with E-state index in [1.54, 1.807) is 13.8 Å². The summed E-state index contributed by atoms with van der Waals surface area (Å²) in [4.78, 5) is 25.8. The van der Waals surface area contributed by atoms with Crippen LogP contribution in [0.3, 0.4) is 0 Å². The molecule has 0 aliphatic carbocycles. The predicted octanol–water partition coefficient (Wildman–Crippen LogP) is 4.80. The Morgan fingerprint density at radius 1 is 1.10 bits per heavy atom. The first-order valence-corrected chi connectivity index (χ1v) is 9.17. The largest absolute Gasteiger partial charge is 0.416 e. The van der Waals surface area contributed by atoms with E-state index in [4.69, 9.17) is 5.53 Å². The Hall–Kier alpha value is -2.59. The van der Waals surface area contributed by atoms with Crippen molar-refractivity contribution in [2.24, 2.45) is 11.0 Å². The molecule has 11 heteroatoms. The first-order chi connectivity index (χ1) is 13.6. The number of carbonyl (C=O) groups is 2. The third kappa shape index (κ3) is 6.20. The summed E-state index contributed by atoms with van der Waals surface area (Å²) in [5.74, 6) is -4.53. The molecule has 0 radical (unpaired) electrons. The topological polar surface area (TPSA) is 85.6 Å². The van der Waals surface area contributed by atoms with Gasteiger partial charge in [0.1, 0.15) is 0 Å². The molecule has 0 saturated carbocycles. The van der Waals surface area contributed by atoms with Crippen LogP contribution in [0.25, 0.3) is 0 Å². The summed E-state index contributed by atoms with van der Waals surface area (Å²) in [7, 11) is 0. The van der Waals surface area contributed by atoms with E-state index in [1.807, 2.05) is 0 Å². The van der Waals surface area contributed by atoms with E-state index in [9.17, 15) is 31.5 Å². The van der Waals surface area contributed by atoms with Gasteiger partial charge >= 0.3 is 6.18 Å². The molecule has 1 aromatic rings. The van der Waals surface area contributed by atoms with Crippen LogP contribution in [0.1, 0.15) is 44.7 Å². The zero-order valence-electron chi connectivity index (χ0n) is 16.7. The number of alkyl halides is 5. The van der Waals surface area contributed by atoms with Gasteiger partial charge in [0.2, 0.25) is 11.8 Å². The van der Waals surface area contributed by atoms with Crippen LogP contribution in [-0.4, -0.2) is 35.3 Å². The molecule has 0 atom stereocenters. The average molecular weight is 434 g/mol. The van der Waals surface area contributed by atoms with E-state index in [1.165, 1.54) is 4.90 Å². The van der Waals surface area contributed by atoms with Crippen molar-refractivity contribution in [3.63, 3.8) is 0 Å². The monoisotopic (exact) mass is 434 g/mol. The van der Waals surface area contributed by atoms with Crippen molar-refractivity contribution in [3.8, 4) is 0 Å².